The number of benzene rings is 4. The molecule has 0 fully saturated rings. The van der Waals surface area contributed by atoms with Crippen LogP contribution in [0.15, 0.2) is 103 Å². The van der Waals surface area contributed by atoms with Crippen LogP contribution in [0.5, 0.6) is 0 Å². The van der Waals surface area contributed by atoms with Gasteiger partial charge in [-0.1, -0.05) is 91.0 Å². The summed E-state index contributed by atoms with van der Waals surface area (Å²) in [6.45, 7) is 4.84. The maximum atomic E-state index is 14.4. The summed E-state index contributed by atoms with van der Waals surface area (Å²) in [5, 5.41) is 16.7. The van der Waals surface area contributed by atoms with Crippen molar-refractivity contribution in [1.82, 2.24) is 31.6 Å². The summed E-state index contributed by atoms with van der Waals surface area (Å²) in [6, 6.07) is 24.0. The van der Waals surface area contributed by atoms with E-state index in [0.717, 1.165) is 38.4 Å². The van der Waals surface area contributed by atoms with Gasteiger partial charge in [0.1, 0.15) is 24.2 Å². The number of rotatable bonds is 21. The second-order valence-electron chi connectivity index (χ2n) is 15.3. The molecule has 60 heavy (non-hydrogen) atoms. The van der Waals surface area contributed by atoms with Crippen molar-refractivity contribution in [2.75, 3.05) is 6.54 Å². The quantitative estimate of drug-likeness (QED) is 0.0513. The van der Waals surface area contributed by atoms with Crippen LogP contribution in [0.25, 0.3) is 21.7 Å². The van der Waals surface area contributed by atoms with E-state index >= 15 is 0 Å². The second-order valence-corrected chi connectivity index (χ2v) is 15.3. The fourth-order valence-corrected chi connectivity index (χ4v) is 6.99. The third kappa shape index (κ3) is 12.6. The number of amides is 5. The van der Waals surface area contributed by atoms with E-state index in [4.69, 9.17) is 11.5 Å². The summed E-state index contributed by atoms with van der Waals surface area (Å²) in [4.78, 5) is 84.5. The standard InChI is InChI=1S/C46H56N8O6/c1-28(48)42(56)52-40(25-32-20-21-33-15-7-8-16-34(33)23-32)44(58)50-29(2)43(57)53-41(26-35-27-49-38-19-10-9-17-36(35)38)46(60)54-39(24-31-13-5-4-6-14-31)45(59)51-37(30(3)55)18-11-12-22-47/h4-10,13-17,19-21,23,27-29,37,39-41,49H,11-12,18,22,24-26,47-48H2,1-3H3,(H,50,58)(H,51,59)(H,52,56)(H,53,57)(H,54,60)/t28-,29+,37+,39-,40-,41+/m1/s1. The molecule has 316 valence electrons. The van der Waals surface area contributed by atoms with E-state index in [-0.39, 0.29) is 25.0 Å². The maximum Gasteiger partial charge on any atom is 0.243 e. The molecule has 0 bridgehead atoms. The highest BCUT2D eigenvalue weighted by Crippen LogP contribution is 2.20. The zero-order valence-electron chi connectivity index (χ0n) is 34.3. The Balaban J connectivity index is 1.37. The highest BCUT2D eigenvalue weighted by atomic mass is 16.2. The minimum atomic E-state index is -1.21. The molecule has 14 nitrogen and oxygen atoms in total. The highest BCUT2D eigenvalue weighted by molar-refractivity contribution is 5.97. The van der Waals surface area contributed by atoms with Crippen LogP contribution in [0.4, 0.5) is 0 Å². The van der Waals surface area contributed by atoms with Gasteiger partial charge in [-0.15, -0.1) is 0 Å². The first kappa shape index (κ1) is 44.7. The zero-order valence-corrected chi connectivity index (χ0v) is 34.3. The number of H-pyrrole nitrogens is 1. The molecule has 5 rings (SSSR count). The number of nitrogens with two attached hydrogens (primary N) is 2. The van der Waals surface area contributed by atoms with Crippen molar-refractivity contribution in [1.29, 1.82) is 0 Å². The molecule has 4 aromatic carbocycles. The molecule has 14 heteroatoms. The second kappa shape index (κ2) is 21.6. The number of ketones is 1. The predicted molar refractivity (Wildman–Crippen MR) is 232 cm³/mol. The maximum absolute atomic E-state index is 14.4. The van der Waals surface area contributed by atoms with Crippen molar-refractivity contribution in [2.24, 2.45) is 11.5 Å². The Morgan fingerprint density at radius 2 is 1.15 bits per heavy atom. The molecule has 6 atom stereocenters. The van der Waals surface area contributed by atoms with Crippen molar-refractivity contribution in [3.05, 3.63) is 120 Å². The Morgan fingerprint density at radius 1 is 0.583 bits per heavy atom. The summed E-state index contributed by atoms with van der Waals surface area (Å²) >= 11 is 0. The summed E-state index contributed by atoms with van der Waals surface area (Å²) in [6.07, 6.45) is 3.73. The fraction of sp³-hybridized carbons (Fsp3) is 0.348. The predicted octanol–water partition coefficient (Wildman–Crippen LogP) is 2.86. The number of unbranched alkanes of at least 4 members (excludes halogenated alkanes) is 1. The van der Waals surface area contributed by atoms with E-state index in [2.05, 4.69) is 31.6 Å². The number of nitrogens with one attached hydrogen (secondary N) is 6. The van der Waals surface area contributed by atoms with Crippen molar-refractivity contribution in [3.63, 3.8) is 0 Å². The van der Waals surface area contributed by atoms with E-state index < -0.39 is 65.8 Å². The van der Waals surface area contributed by atoms with Crippen LogP contribution < -0.4 is 38.1 Å². The van der Waals surface area contributed by atoms with Crippen LogP contribution in [-0.4, -0.2) is 83.1 Å². The summed E-state index contributed by atoms with van der Waals surface area (Å²) < 4.78 is 0. The summed E-state index contributed by atoms with van der Waals surface area (Å²) in [5.41, 5.74) is 14.6. The lowest BCUT2D eigenvalue weighted by molar-refractivity contribution is -0.134. The van der Waals surface area contributed by atoms with Crippen LogP contribution in [0, 0.1) is 0 Å². The molecule has 0 aliphatic rings. The first-order chi connectivity index (χ1) is 28.8. The van der Waals surface area contributed by atoms with Crippen molar-refractivity contribution >= 4 is 57.0 Å². The first-order valence-corrected chi connectivity index (χ1v) is 20.4. The lowest BCUT2D eigenvalue weighted by atomic mass is 10.00. The Kier molecular flexibility index (Phi) is 16.1. The Labute approximate surface area is 350 Å². The smallest absolute Gasteiger partial charge is 0.243 e. The van der Waals surface area contributed by atoms with Gasteiger partial charge in [0, 0.05) is 36.4 Å². The monoisotopic (exact) mass is 816 g/mol. The minimum Gasteiger partial charge on any atom is -0.361 e. The van der Waals surface area contributed by atoms with Crippen LogP contribution >= 0.6 is 0 Å². The third-order valence-electron chi connectivity index (χ3n) is 10.5. The van der Waals surface area contributed by atoms with Crippen molar-refractivity contribution in [3.8, 4) is 0 Å². The van der Waals surface area contributed by atoms with E-state index in [0.29, 0.717) is 25.8 Å². The van der Waals surface area contributed by atoms with Gasteiger partial charge in [0.05, 0.1) is 12.1 Å². The fourth-order valence-electron chi connectivity index (χ4n) is 6.99. The lowest BCUT2D eigenvalue weighted by Gasteiger charge is -2.26. The molecular formula is C46H56N8O6. The largest absolute Gasteiger partial charge is 0.361 e. The van der Waals surface area contributed by atoms with Gasteiger partial charge in [0.2, 0.25) is 29.5 Å². The van der Waals surface area contributed by atoms with Crippen LogP contribution in [0.3, 0.4) is 0 Å². The Morgan fingerprint density at radius 3 is 1.83 bits per heavy atom. The van der Waals surface area contributed by atoms with Crippen LogP contribution in [0.2, 0.25) is 0 Å². The molecule has 0 radical (unpaired) electrons. The zero-order chi connectivity index (χ0) is 43.2. The number of aromatic amines is 1. The SMILES string of the molecule is CC(=O)[C@H](CCCCN)NC(=O)[C@@H](Cc1ccccc1)NC(=O)[C@H](Cc1c[nH]c2ccccc12)NC(=O)[C@H](C)NC(=O)[C@@H](Cc1ccc2ccccc2c1)NC(=O)[C@@H](C)N. The van der Waals surface area contributed by atoms with Crippen LogP contribution in [-0.2, 0) is 48.0 Å². The minimum absolute atomic E-state index is 0.0339. The molecule has 0 saturated heterocycles. The van der Waals surface area contributed by atoms with E-state index in [1.54, 1.807) is 6.20 Å². The number of Topliss-reactive ketones (excluding diaryl/α,β-unsaturated/α-hetero) is 1. The van der Waals surface area contributed by atoms with Gasteiger partial charge in [-0.05, 0) is 80.1 Å². The Bertz CT molecular complexity index is 2270. The molecule has 1 aromatic heterocycles. The number of carbonyl (C=O) groups excluding carboxylic acids is 6. The van der Waals surface area contributed by atoms with Gasteiger partial charge >= 0.3 is 0 Å². The molecular weight excluding hydrogens is 761 g/mol. The molecule has 0 spiro atoms. The van der Waals surface area contributed by atoms with E-state index in [1.807, 2.05) is 97.1 Å². The average Bonchev–Trinajstić information content (AvgIpc) is 3.65. The molecule has 5 aromatic rings. The molecule has 1 heterocycles. The van der Waals surface area contributed by atoms with Crippen LogP contribution in [0.1, 0.15) is 56.7 Å². The number of hydrogen-bond acceptors (Lipinski definition) is 8. The summed E-state index contributed by atoms with van der Waals surface area (Å²) in [7, 11) is 0. The Hall–Kier alpha value is -6.38. The van der Waals surface area contributed by atoms with Crippen molar-refractivity contribution in [2.45, 2.75) is 95.5 Å². The number of para-hydroxylation sites is 1. The molecule has 0 unspecified atom stereocenters. The number of aromatic nitrogens is 1. The van der Waals surface area contributed by atoms with Gasteiger partial charge in [0.25, 0.3) is 0 Å². The highest BCUT2D eigenvalue weighted by Gasteiger charge is 2.32. The van der Waals surface area contributed by atoms with Crippen molar-refractivity contribution < 1.29 is 28.8 Å². The normalized spacial score (nSPS) is 14.2. The average molecular weight is 817 g/mol. The topological polar surface area (TPSA) is 230 Å². The van der Waals surface area contributed by atoms with Gasteiger partial charge in [0.15, 0.2) is 5.78 Å². The van der Waals surface area contributed by atoms with Gasteiger partial charge in [-0.3, -0.25) is 28.8 Å². The van der Waals surface area contributed by atoms with Gasteiger partial charge < -0.3 is 43.0 Å². The lowest BCUT2D eigenvalue weighted by Crippen LogP contribution is -2.59. The molecule has 0 saturated carbocycles. The number of hydrogen-bond donors (Lipinski definition) is 8. The molecule has 0 aliphatic heterocycles. The van der Waals surface area contributed by atoms with E-state index in [9.17, 15) is 28.8 Å². The van der Waals surface area contributed by atoms with Gasteiger partial charge in [-0.25, -0.2) is 0 Å². The number of carbonyl (C=O) groups is 6. The third-order valence-corrected chi connectivity index (χ3v) is 10.5. The first-order valence-electron chi connectivity index (χ1n) is 20.4. The molecule has 5 amide bonds. The van der Waals surface area contributed by atoms with E-state index in [1.165, 1.54) is 20.8 Å². The number of fused-ring (bicyclic) bond motifs is 2. The molecule has 10 N–H and O–H groups in total. The summed E-state index contributed by atoms with van der Waals surface area (Å²) in [5.74, 6) is -3.26. The molecule has 0 aliphatic carbocycles. The van der Waals surface area contributed by atoms with Gasteiger partial charge in [-0.2, -0.15) is 0 Å².